The van der Waals surface area contributed by atoms with E-state index < -0.39 is 10.0 Å². The first-order valence-electron chi connectivity index (χ1n) is 8.61. The summed E-state index contributed by atoms with van der Waals surface area (Å²) < 4.78 is 27.0. The molecule has 1 aliphatic heterocycles. The smallest absolute Gasteiger partial charge is 0.244 e. The number of benzene rings is 1. The summed E-state index contributed by atoms with van der Waals surface area (Å²) >= 11 is 12.0. The minimum Gasteiger partial charge on any atom is -0.340 e. The second-order valence-electron chi connectivity index (χ2n) is 6.71. The Labute approximate surface area is 158 Å². The number of amides is 1. The number of nitrogens with zero attached hydrogens (tertiary/aromatic N) is 2. The summed E-state index contributed by atoms with van der Waals surface area (Å²) in [6, 6.07) is 4.41. The van der Waals surface area contributed by atoms with Crippen molar-refractivity contribution in [2.24, 2.45) is 5.92 Å². The van der Waals surface area contributed by atoms with Gasteiger partial charge in [0.15, 0.2) is 0 Å². The largest absolute Gasteiger partial charge is 0.340 e. The molecule has 1 amide bonds. The molecule has 1 aromatic rings. The Kier molecular flexibility index (Phi) is 5.93. The van der Waals surface area contributed by atoms with E-state index in [-0.39, 0.29) is 28.9 Å². The number of halogens is 2. The minimum atomic E-state index is -3.71. The van der Waals surface area contributed by atoms with E-state index in [0.717, 1.165) is 12.8 Å². The molecule has 0 bridgehead atoms. The summed E-state index contributed by atoms with van der Waals surface area (Å²) in [4.78, 5) is 14.2. The van der Waals surface area contributed by atoms with E-state index in [1.165, 1.54) is 29.3 Å². The molecule has 0 aromatic heterocycles. The molecule has 1 aromatic carbocycles. The van der Waals surface area contributed by atoms with Gasteiger partial charge in [-0.15, -0.1) is 0 Å². The van der Waals surface area contributed by atoms with Crippen molar-refractivity contribution in [3.05, 3.63) is 28.2 Å². The number of hydrogen-bond acceptors (Lipinski definition) is 3. The zero-order chi connectivity index (χ0) is 18.0. The van der Waals surface area contributed by atoms with E-state index in [1.807, 2.05) is 0 Å². The van der Waals surface area contributed by atoms with Gasteiger partial charge in [-0.3, -0.25) is 4.79 Å². The fraction of sp³-hybridized carbons (Fsp3) is 0.588. The summed E-state index contributed by atoms with van der Waals surface area (Å²) in [6.45, 7) is 1.40. The Bertz CT molecular complexity index is 740. The molecule has 0 radical (unpaired) electrons. The zero-order valence-corrected chi connectivity index (χ0v) is 16.3. The second kappa shape index (κ2) is 7.82. The first-order chi connectivity index (χ1) is 11.9. The number of hydrogen-bond donors (Lipinski definition) is 0. The van der Waals surface area contributed by atoms with E-state index in [9.17, 15) is 13.2 Å². The molecule has 1 aliphatic carbocycles. The topological polar surface area (TPSA) is 57.7 Å². The minimum absolute atomic E-state index is 0.0207. The van der Waals surface area contributed by atoms with Crippen molar-refractivity contribution in [3.63, 3.8) is 0 Å². The molecule has 1 saturated heterocycles. The number of sulfonamides is 1. The lowest BCUT2D eigenvalue weighted by Crippen LogP contribution is -2.50. The number of rotatable bonds is 4. The molecular weight excluding hydrogens is 383 g/mol. The van der Waals surface area contributed by atoms with Crippen LogP contribution in [-0.2, 0) is 14.8 Å². The molecule has 3 rings (SSSR count). The molecule has 1 saturated carbocycles. The average molecular weight is 405 g/mol. The lowest BCUT2D eigenvalue weighted by Gasteiger charge is -2.34. The lowest BCUT2D eigenvalue weighted by atomic mass is 10.0. The SMILES string of the molecule is O=C(CC1CCCC1)N1CCN(S(=O)(=O)c2cc(Cl)ccc2Cl)CC1. The highest BCUT2D eigenvalue weighted by atomic mass is 35.5. The third-order valence-electron chi connectivity index (χ3n) is 5.04. The predicted octanol–water partition coefficient (Wildman–Crippen LogP) is 3.41. The fourth-order valence-electron chi connectivity index (χ4n) is 3.58. The maximum atomic E-state index is 12.8. The Morgan fingerprint density at radius 1 is 1.08 bits per heavy atom. The van der Waals surface area contributed by atoms with E-state index >= 15 is 0 Å². The number of carbonyl (C=O) groups is 1. The van der Waals surface area contributed by atoms with Gasteiger partial charge >= 0.3 is 0 Å². The van der Waals surface area contributed by atoms with Crippen LogP contribution in [0.3, 0.4) is 0 Å². The maximum absolute atomic E-state index is 12.8. The van der Waals surface area contributed by atoms with E-state index in [1.54, 1.807) is 11.0 Å². The Hall–Kier alpha value is -0.820. The van der Waals surface area contributed by atoms with Gasteiger partial charge in [-0.1, -0.05) is 36.0 Å². The normalized spacial score (nSPS) is 20.2. The van der Waals surface area contributed by atoms with Crippen molar-refractivity contribution in [3.8, 4) is 0 Å². The van der Waals surface area contributed by atoms with Crippen molar-refractivity contribution >= 4 is 39.1 Å². The third kappa shape index (κ3) is 4.30. The molecule has 1 heterocycles. The van der Waals surface area contributed by atoms with Crippen molar-refractivity contribution in [1.29, 1.82) is 0 Å². The van der Waals surface area contributed by atoms with Crippen LogP contribution in [0.4, 0.5) is 0 Å². The first kappa shape index (κ1) is 19.0. The van der Waals surface area contributed by atoms with Gasteiger partial charge < -0.3 is 4.90 Å². The molecule has 138 valence electrons. The molecule has 2 aliphatic rings. The van der Waals surface area contributed by atoms with Crippen molar-refractivity contribution in [1.82, 2.24) is 9.21 Å². The van der Waals surface area contributed by atoms with E-state index in [0.29, 0.717) is 30.5 Å². The fourth-order valence-corrected chi connectivity index (χ4v) is 5.74. The zero-order valence-electron chi connectivity index (χ0n) is 14.0. The summed E-state index contributed by atoms with van der Waals surface area (Å²) in [5.74, 6) is 0.643. The summed E-state index contributed by atoms with van der Waals surface area (Å²) in [5, 5.41) is 0.484. The highest BCUT2D eigenvalue weighted by Crippen LogP contribution is 2.30. The van der Waals surface area contributed by atoms with Crippen LogP contribution < -0.4 is 0 Å². The van der Waals surface area contributed by atoms with Crippen molar-refractivity contribution in [2.45, 2.75) is 37.0 Å². The molecule has 0 unspecified atom stereocenters. The van der Waals surface area contributed by atoms with Crippen molar-refractivity contribution < 1.29 is 13.2 Å². The monoisotopic (exact) mass is 404 g/mol. The van der Waals surface area contributed by atoms with Gasteiger partial charge in [0.1, 0.15) is 4.90 Å². The van der Waals surface area contributed by atoms with Crippen LogP contribution in [0.2, 0.25) is 10.0 Å². The van der Waals surface area contributed by atoms with Gasteiger partial charge in [0, 0.05) is 37.6 Å². The van der Waals surface area contributed by atoms with Crippen LogP contribution in [0.5, 0.6) is 0 Å². The van der Waals surface area contributed by atoms with E-state index in [2.05, 4.69) is 0 Å². The Morgan fingerprint density at radius 3 is 2.36 bits per heavy atom. The molecular formula is C17H22Cl2N2O3S. The third-order valence-corrected chi connectivity index (χ3v) is 7.66. The van der Waals surface area contributed by atoms with Gasteiger partial charge in [-0.2, -0.15) is 4.31 Å². The molecule has 0 N–H and O–H groups in total. The Morgan fingerprint density at radius 2 is 1.72 bits per heavy atom. The second-order valence-corrected chi connectivity index (χ2v) is 9.46. The molecule has 5 nitrogen and oxygen atoms in total. The van der Waals surface area contributed by atoms with Crippen LogP contribution in [0.25, 0.3) is 0 Å². The standard InChI is InChI=1S/C17H22Cl2N2O3S/c18-14-5-6-15(19)16(12-14)25(23,24)21-9-7-20(8-10-21)17(22)11-13-3-1-2-4-13/h5-6,12-13H,1-4,7-11H2. The van der Waals surface area contributed by atoms with Gasteiger partial charge in [0.05, 0.1) is 5.02 Å². The number of carbonyl (C=O) groups excluding carboxylic acids is 1. The van der Waals surface area contributed by atoms with E-state index in [4.69, 9.17) is 23.2 Å². The molecule has 0 atom stereocenters. The average Bonchev–Trinajstić information content (AvgIpc) is 3.10. The summed E-state index contributed by atoms with van der Waals surface area (Å²) in [5.41, 5.74) is 0. The predicted molar refractivity (Wildman–Crippen MR) is 98.4 cm³/mol. The molecule has 2 fully saturated rings. The van der Waals surface area contributed by atoms with Crippen LogP contribution in [0.1, 0.15) is 32.1 Å². The molecule has 25 heavy (non-hydrogen) atoms. The maximum Gasteiger partial charge on any atom is 0.244 e. The molecule has 0 spiro atoms. The molecule has 8 heteroatoms. The van der Waals surface area contributed by atoms with Gasteiger partial charge in [0.2, 0.25) is 15.9 Å². The van der Waals surface area contributed by atoms with Gasteiger partial charge in [0.25, 0.3) is 0 Å². The van der Waals surface area contributed by atoms with Crippen LogP contribution >= 0.6 is 23.2 Å². The quantitative estimate of drug-likeness (QED) is 0.772. The van der Waals surface area contributed by atoms with Crippen LogP contribution in [0, 0.1) is 5.92 Å². The number of piperazine rings is 1. The highest BCUT2D eigenvalue weighted by molar-refractivity contribution is 7.89. The van der Waals surface area contributed by atoms with Crippen LogP contribution in [0.15, 0.2) is 23.1 Å². The summed E-state index contributed by atoms with van der Waals surface area (Å²) in [7, 11) is -3.71. The Balaban J connectivity index is 1.63. The van der Waals surface area contributed by atoms with Gasteiger partial charge in [-0.25, -0.2) is 8.42 Å². The van der Waals surface area contributed by atoms with Gasteiger partial charge in [-0.05, 0) is 37.0 Å². The highest BCUT2D eigenvalue weighted by Gasteiger charge is 2.32. The first-order valence-corrected chi connectivity index (χ1v) is 10.8. The summed E-state index contributed by atoms with van der Waals surface area (Å²) in [6.07, 6.45) is 5.28. The van der Waals surface area contributed by atoms with Crippen LogP contribution in [-0.4, -0.2) is 49.7 Å². The van der Waals surface area contributed by atoms with Crippen molar-refractivity contribution in [2.75, 3.05) is 26.2 Å². The lowest BCUT2D eigenvalue weighted by molar-refractivity contribution is -0.133.